The fourth-order valence-electron chi connectivity index (χ4n) is 1.02. The second-order valence-corrected chi connectivity index (χ2v) is 2.64. The largest absolute Gasteiger partial charge is 0.466 e. The Bertz CT molecular complexity index is 321. The normalized spacial score (nSPS) is 9.86. The van der Waals surface area contributed by atoms with Crippen molar-refractivity contribution in [3.05, 3.63) is 23.6 Å². The van der Waals surface area contributed by atoms with E-state index in [1.807, 2.05) is 0 Å². The number of hydrogen-bond acceptors (Lipinski definition) is 4. The molecule has 1 heterocycles. The molecule has 0 aromatic carbocycles. The third kappa shape index (κ3) is 2.42. The molecule has 0 aliphatic heterocycles. The van der Waals surface area contributed by atoms with Gasteiger partial charge in [0.15, 0.2) is 0 Å². The quantitative estimate of drug-likeness (QED) is 0.733. The van der Waals surface area contributed by atoms with E-state index in [1.54, 1.807) is 6.92 Å². The van der Waals surface area contributed by atoms with Gasteiger partial charge in [0.2, 0.25) is 0 Å². The van der Waals surface area contributed by atoms with E-state index in [0.29, 0.717) is 0 Å². The topological polar surface area (TPSA) is 65.2 Å². The number of esters is 1. The summed E-state index contributed by atoms with van der Waals surface area (Å²) in [4.78, 5) is 14.7. The number of nitrogens with zero attached hydrogens (tertiary/aromatic N) is 1. The van der Waals surface area contributed by atoms with Gasteiger partial charge in [-0.15, -0.1) is 0 Å². The second kappa shape index (κ2) is 4.55. The van der Waals surface area contributed by atoms with Crippen LogP contribution in [0.1, 0.15) is 12.5 Å². The minimum atomic E-state index is -0.537. The van der Waals surface area contributed by atoms with Gasteiger partial charge in [-0.05, 0) is 13.0 Å². The molecule has 0 saturated carbocycles. The van der Waals surface area contributed by atoms with Crippen molar-refractivity contribution in [2.45, 2.75) is 13.3 Å². The molecule has 0 aliphatic carbocycles. The van der Waals surface area contributed by atoms with Gasteiger partial charge < -0.3 is 10.5 Å². The molecule has 0 saturated heterocycles. The summed E-state index contributed by atoms with van der Waals surface area (Å²) < 4.78 is 17.8. The molecule has 0 aliphatic rings. The van der Waals surface area contributed by atoms with Crippen molar-refractivity contribution in [3.63, 3.8) is 0 Å². The van der Waals surface area contributed by atoms with E-state index < -0.39 is 11.8 Å². The average Bonchev–Trinajstić information content (AvgIpc) is 2.12. The molecule has 1 rings (SSSR count). The SMILES string of the molecule is CCOC(=O)Cc1c(F)ccnc1N. The Balaban J connectivity index is 2.80. The molecule has 5 heteroatoms. The molecule has 0 unspecified atom stereocenters. The van der Waals surface area contributed by atoms with Crippen LogP contribution in [0.5, 0.6) is 0 Å². The van der Waals surface area contributed by atoms with Crippen molar-refractivity contribution in [2.75, 3.05) is 12.3 Å². The summed E-state index contributed by atoms with van der Waals surface area (Å²) in [6, 6.07) is 1.16. The second-order valence-electron chi connectivity index (χ2n) is 2.64. The van der Waals surface area contributed by atoms with Crippen LogP contribution in [0.2, 0.25) is 0 Å². The number of nitrogen functional groups attached to an aromatic ring is 1. The van der Waals surface area contributed by atoms with E-state index in [9.17, 15) is 9.18 Å². The van der Waals surface area contributed by atoms with Gasteiger partial charge in [-0.25, -0.2) is 9.37 Å². The fourth-order valence-corrected chi connectivity index (χ4v) is 1.02. The van der Waals surface area contributed by atoms with Gasteiger partial charge in [0.25, 0.3) is 0 Å². The average molecular weight is 198 g/mol. The van der Waals surface area contributed by atoms with Gasteiger partial charge in [-0.3, -0.25) is 4.79 Å². The molecular formula is C9H11FN2O2. The van der Waals surface area contributed by atoms with E-state index in [1.165, 1.54) is 6.20 Å². The van der Waals surface area contributed by atoms with Crippen molar-refractivity contribution >= 4 is 11.8 Å². The lowest BCUT2D eigenvalue weighted by atomic mass is 10.2. The molecule has 0 atom stereocenters. The van der Waals surface area contributed by atoms with Crippen LogP contribution in [0.25, 0.3) is 0 Å². The standard InChI is InChI=1S/C9H11FN2O2/c1-2-14-8(13)5-6-7(10)3-4-12-9(6)11/h3-4H,2,5H2,1H3,(H2,11,12). The Morgan fingerprint density at radius 2 is 2.43 bits per heavy atom. The third-order valence-electron chi connectivity index (χ3n) is 1.66. The van der Waals surface area contributed by atoms with Crippen LogP contribution in [0.3, 0.4) is 0 Å². The lowest BCUT2D eigenvalue weighted by molar-refractivity contribution is -0.142. The van der Waals surface area contributed by atoms with E-state index in [0.717, 1.165) is 6.07 Å². The zero-order valence-corrected chi connectivity index (χ0v) is 7.79. The molecule has 14 heavy (non-hydrogen) atoms. The predicted molar refractivity (Wildman–Crippen MR) is 48.9 cm³/mol. The summed E-state index contributed by atoms with van der Waals surface area (Å²) in [7, 11) is 0. The van der Waals surface area contributed by atoms with Crippen LogP contribution in [0.15, 0.2) is 12.3 Å². The molecule has 76 valence electrons. The Labute approximate surface area is 80.9 Å². The number of anilines is 1. The monoisotopic (exact) mass is 198 g/mol. The highest BCUT2D eigenvalue weighted by atomic mass is 19.1. The van der Waals surface area contributed by atoms with Gasteiger partial charge >= 0.3 is 5.97 Å². The van der Waals surface area contributed by atoms with Crippen LogP contribution in [-0.4, -0.2) is 17.6 Å². The summed E-state index contributed by atoms with van der Waals surface area (Å²) in [6.45, 7) is 1.95. The fraction of sp³-hybridized carbons (Fsp3) is 0.333. The molecule has 1 aromatic rings. The van der Waals surface area contributed by atoms with Crippen LogP contribution >= 0.6 is 0 Å². The Hall–Kier alpha value is -1.65. The highest BCUT2D eigenvalue weighted by molar-refractivity contribution is 5.74. The van der Waals surface area contributed by atoms with Crippen LogP contribution in [0.4, 0.5) is 10.2 Å². The number of aromatic nitrogens is 1. The summed E-state index contributed by atoms with van der Waals surface area (Å²) in [5.41, 5.74) is 5.50. The molecular weight excluding hydrogens is 187 g/mol. The maximum absolute atomic E-state index is 13.1. The first-order chi connectivity index (χ1) is 6.65. The molecule has 0 radical (unpaired) electrons. The van der Waals surface area contributed by atoms with Gasteiger partial charge in [0.1, 0.15) is 11.6 Å². The molecule has 2 N–H and O–H groups in total. The van der Waals surface area contributed by atoms with Gasteiger partial charge in [-0.1, -0.05) is 0 Å². The van der Waals surface area contributed by atoms with Crippen molar-refractivity contribution in [3.8, 4) is 0 Å². The first kappa shape index (κ1) is 10.4. The van der Waals surface area contributed by atoms with Crippen molar-refractivity contribution in [2.24, 2.45) is 0 Å². The number of rotatable bonds is 3. The third-order valence-corrected chi connectivity index (χ3v) is 1.66. The van der Waals surface area contributed by atoms with E-state index >= 15 is 0 Å². The van der Waals surface area contributed by atoms with Crippen LogP contribution < -0.4 is 5.73 Å². The number of halogens is 1. The molecule has 0 fully saturated rings. The summed E-state index contributed by atoms with van der Waals surface area (Å²) in [5.74, 6) is -1.02. The predicted octanol–water partition coefficient (Wildman–Crippen LogP) is 0.909. The maximum Gasteiger partial charge on any atom is 0.310 e. The summed E-state index contributed by atoms with van der Waals surface area (Å²) >= 11 is 0. The highest BCUT2D eigenvalue weighted by Crippen LogP contribution is 2.13. The van der Waals surface area contributed by atoms with E-state index in [2.05, 4.69) is 9.72 Å². The van der Waals surface area contributed by atoms with Gasteiger partial charge in [-0.2, -0.15) is 0 Å². The van der Waals surface area contributed by atoms with E-state index in [4.69, 9.17) is 5.73 Å². The number of ether oxygens (including phenoxy) is 1. The first-order valence-electron chi connectivity index (χ1n) is 4.19. The molecule has 1 aromatic heterocycles. The van der Waals surface area contributed by atoms with E-state index in [-0.39, 0.29) is 24.4 Å². The van der Waals surface area contributed by atoms with Crippen molar-refractivity contribution in [1.29, 1.82) is 0 Å². The number of carbonyl (C=O) groups is 1. The zero-order chi connectivity index (χ0) is 10.6. The Morgan fingerprint density at radius 1 is 1.71 bits per heavy atom. The van der Waals surface area contributed by atoms with Crippen LogP contribution in [-0.2, 0) is 16.0 Å². The molecule has 0 spiro atoms. The molecule has 0 amide bonds. The van der Waals surface area contributed by atoms with Crippen molar-refractivity contribution in [1.82, 2.24) is 4.98 Å². The Morgan fingerprint density at radius 3 is 3.00 bits per heavy atom. The zero-order valence-electron chi connectivity index (χ0n) is 7.79. The highest BCUT2D eigenvalue weighted by Gasteiger charge is 2.12. The summed E-state index contributed by atoms with van der Waals surface area (Å²) in [6.07, 6.45) is 1.07. The smallest absolute Gasteiger partial charge is 0.310 e. The van der Waals surface area contributed by atoms with Gasteiger partial charge in [0, 0.05) is 11.8 Å². The first-order valence-corrected chi connectivity index (χ1v) is 4.19. The molecule has 4 nitrogen and oxygen atoms in total. The number of pyridine rings is 1. The summed E-state index contributed by atoms with van der Waals surface area (Å²) in [5, 5.41) is 0. The van der Waals surface area contributed by atoms with Crippen molar-refractivity contribution < 1.29 is 13.9 Å². The van der Waals surface area contributed by atoms with Crippen LogP contribution in [0, 0.1) is 5.82 Å². The van der Waals surface area contributed by atoms with Gasteiger partial charge in [0.05, 0.1) is 13.0 Å². The lowest BCUT2D eigenvalue weighted by Gasteiger charge is -2.05. The minimum absolute atomic E-state index is 0.0260. The molecule has 0 bridgehead atoms. The minimum Gasteiger partial charge on any atom is -0.466 e. The lowest BCUT2D eigenvalue weighted by Crippen LogP contribution is -2.11. The number of carbonyl (C=O) groups excluding carboxylic acids is 1. The maximum atomic E-state index is 13.1. The Kier molecular flexibility index (Phi) is 3.39. The number of hydrogen-bond donors (Lipinski definition) is 1. The number of nitrogens with two attached hydrogens (primary N) is 1.